The summed E-state index contributed by atoms with van der Waals surface area (Å²) in [7, 11) is -1.71. The van der Waals surface area contributed by atoms with Crippen molar-refractivity contribution >= 4 is 15.9 Å². The molecule has 0 spiro atoms. The van der Waals surface area contributed by atoms with Crippen molar-refractivity contribution in [2.24, 2.45) is 0 Å². The van der Waals surface area contributed by atoms with Gasteiger partial charge >= 0.3 is 0 Å². The molecule has 6 heteroatoms. The fourth-order valence-corrected chi connectivity index (χ4v) is 5.09. The van der Waals surface area contributed by atoms with Gasteiger partial charge in [-0.1, -0.05) is 26.7 Å². The van der Waals surface area contributed by atoms with E-state index in [2.05, 4.69) is 6.92 Å². The van der Waals surface area contributed by atoms with Gasteiger partial charge in [-0.2, -0.15) is 4.31 Å². The molecular weight excluding hydrogens is 336 g/mol. The SMILES string of the molecule is CCCCN(C)C(=O)c1ccc(S(=O)(=O)N2CCCCC2CC)cc1. The number of amides is 1. The van der Waals surface area contributed by atoms with Gasteiger partial charge in [-0.05, 0) is 49.9 Å². The molecule has 1 aromatic rings. The Labute approximate surface area is 152 Å². The maximum Gasteiger partial charge on any atom is 0.253 e. The van der Waals surface area contributed by atoms with Gasteiger partial charge < -0.3 is 4.90 Å². The van der Waals surface area contributed by atoms with E-state index < -0.39 is 10.0 Å². The Bertz CT molecular complexity index is 670. The van der Waals surface area contributed by atoms with Gasteiger partial charge in [0.2, 0.25) is 10.0 Å². The van der Waals surface area contributed by atoms with Crippen LogP contribution in [0.2, 0.25) is 0 Å². The molecule has 25 heavy (non-hydrogen) atoms. The summed E-state index contributed by atoms with van der Waals surface area (Å²) in [4.78, 5) is 14.3. The minimum Gasteiger partial charge on any atom is -0.342 e. The van der Waals surface area contributed by atoms with Gasteiger partial charge in [0.1, 0.15) is 0 Å². The van der Waals surface area contributed by atoms with Crippen LogP contribution in [0.15, 0.2) is 29.2 Å². The molecule has 1 amide bonds. The molecular formula is C19H30N2O3S. The van der Waals surface area contributed by atoms with Crippen LogP contribution < -0.4 is 0 Å². The van der Waals surface area contributed by atoms with Crippen molar-refractivity contribution in [2.45, 2.75) is 63.3 Å². The molecule has 0 aliphatic carbocycles. The Morgan fingerprint density at radius 1 is 1.20 bits per heavy atom. The van der Waals surface area contributed by atoms with Crippen LogP contribution in [0.25, 0.3) is 0 Å². The van der Waals surface area contributed by atoms with Crippen LogP contribution in [0.4, 0.5) is 0 Å². The number of sulfonamides is 1. The Balaban J connectivity index is 2.16. The molecule has 0 radical (unpaired) electrons. The number of nitrogens with zero attached hydrogens (tertiary/aromatic N) is 2. The van der Waals surface area contributed by atoms with Crippen molar-refractivity contribution in [3.05, 3.63) is 29.8 Å². The van der Waals surface area contributed by atoms with Gasteiger partial charge in [-0.25, -0.2) is 8.42 Å². The van der Waals surface area contributed by atoms with Gasteiger partial charge in [-0.3, -0.25) is 4.79 Å². The molecule has 0 aromatic heterocycles. The zero-order valence-corrected chi connectivity index (χ0v) is 16.4. The third kappa shape index (κ3) is 4.61. The van der Waals surface area contributed by atoms with Crippen LogP contribution in [0.3, 0.4) is 0 Å². The van der Waals surface area contributed by atoms with Crippen LogP contribution in [0, 0.1) is 0 Å². The third-order valence-corrected chi connectivity index (χ3v) is 6.91. The molecule has 1 heterocycles. The first kappa shape index (κ1) is 19.9. The summed E-state index contributed by atoms with van der Waals surface area (Å²) in [5.41, 5.74) is 0.531. The standard InChI is InChI=1S/C19H30N2O3S/c1-4-6-14-20(3)19(22)16-10-12-18(13-11-16)25(23,24)21-15-8-7-9-17(21)5-2/h10-13,17H,4-9,14-15H2,1-3H3. The van der Waals surface area contributed by atoms with Gasteiger partial charge in [-0.15, -0.1) is 0 Å². The number of rotatable bonds is 7. The van der Waals surface area contributed by atoms with E-state index in [9.17, 15) is 13.2 Å². The zero-order chi connectivity index (χ0) is 18.4. The predicted molar refractivity (Wildman–Crippen MR) is 100 cm³/mol. The average Bonchev–Trinajstić information content (AvgIpc) is 2.65. The Morgan fingerprint density at radius 2 is 1.88 bits per heavy atom. The topological polar surface area (TPSA) is 57.7 Å². The highest BCUT2D eigenvalue weighted by Crippen LogP contribution is 2.27. The van der Waals surface area contributed by atoms with E-state index in [1.54, 1.807) is 40.5 Å². The van der Waals surface area contributed by atoms with E-state index in [0.717, 1.165) is 38.5 Å². The lowest BCUT2D eigenvalue weighted by Gasteiger charge is -2.34. The minimum atomic E-state index is -3.49. The van der Waals surface area contributed by atoms with E-state index in [0.29, 0.717) is 18.7 Å². The fraction of sp³-hybridized carbons (Fsp3) is 0.632. The Hall–Kier alpha value is -1.40. The summed E-state index contributed by atoms with van der Waals surface area (Å²) in [6.45, 7) is 5.41. The van der Waals surface area contributed by atoms with Gasteiger partial charge in [0.25, 0.3) is 5.91 Å². The lowest BCUT2D eigenvalue weighted by molar-refractivity contribution is 0.0793. The molecule has 0 saturated carbocycles. The fourth-order valence-electron chi connectivity index (χ4n) is 3.32. The van der Waals surface area contributed by atoms with Crippen LogP contribution in [0.1, 0.15) is 62.7 Å². The quantitative estimate of drug-likeness (QED) is 0.742. The molecule has 1 atom stereocenters. The number of piperidine rings is 1. The zero-order valence-electron chi connectivity index (χ0n) is 15.6. The second kappa shape index (κ2) is 8.81. The summed E-state index contributed by atoms with van der Waals surface area (Å²) in [6.07, 6.45) is 5.74. The molecule has 0 N–H and O–H groups in total. The molecule has 2 rings (SSSR count). The van der Waals surface area contributed by atoms with Crippen LogP contribution in [-0.4, -0.2) is 49.7 Å². The molecule has 1 fully saturated rings. The molecule has 1 aliphatic heterocycles. The molecule has 1 saturated heterocycles. The molecule has 1 aliphatic rings. The van der Waals surface area contributed by atoms with Gasteiger partial charge in [0.15, 0.2) is 0 Å². The van der Waals surface area contributed by atoms with E-state index in [-0.39, 0.29) is 16.8 Å². The first-order chi connectivity index (χ1) is 11.9. The monoisotopic (exact) mass is 366 g/mol. The lowest BCUT2D eigenvalue weighted by Crippen LogP contribution is -2.43. The first-order valence-corrected chi connectivity index (χ1v) is 10.7. The number of hydrogen-bond acceptors (Lipinski definition) is 3. The van der Waals surface area contributed by atoms with Crippen LogP contribution >= 0.6 is 0 Å². The molecule has 1 unspecified atom stereocenters. The van der Waals surface area contributed by atoms with Crippen LogP contribution in [-0.2, 0) is 10.0 Å². The number of benzene rings is 1. The smallest absolute Gasteiger partial charge is 0.253 e. The average molecular weight is 367 g/mol. The Morgan fingerprint density at radius 3 is 2.48 bits per heavy atom. The van der Waals surface area contributed by atoms with E-state index in [4.69, 9.17) is 0 Å². The van der Waals surface area contributed by atoms with Crippen molar-refractivity contribution < 1.29 is 13.2 Å². The summed E-state index contributed by atoms with van der Waals surface area (Å²) < 4.78 is 27.5. The molecule has 5 nitrogen and oxygen atoms in total. The van der Waals surface area contributed by atoms with Crippen LogP contribution in [0.5, 0.6) is 0 Å². The van der Waals surface area contributed by atoms with Gasteiger partial charge in [0, 0.05) is 31.7 Å². The third-order valence-electron chi connectivity index (χ3n) is 4.95. The highest BCUT2D eigenvalue weighted by molar-refractivity contribution is 7.89. The number of unbranched alkanes of at least 4 members (excludes halogenated alkanes) is 1. The summed E-state index contributed by atoms with van der Waals surface area (Å²) in [5.74, 6) is -0.0678. The predicted octanol–water partition coefficient (Wildman–Crippen LogP) is 3.51. The van der Waals surface area contributed by atoms with Crippen molar-refractivity contribution in [2.75, 3.05) is 20.1 Å². The van der Waals surface area contributed by atoms with E-state index in [1.165, 1.54) is 0 Å². The number of hydrogen-bond donors (Lipinski definition) is 0. The highest BCUT2D eigenvalue weighted by Gasteiger charge is 2.32. The maximum absolute atomic E-state index is 12.9. The maximum atomic E-state index is 12.9. The van der Waals surface area contributed by atoms with Crippen molar-refractivity contribution in [3.8, 4) is 0 Å². The lowest BCUT2D eigenvalue weighted by atomic mass is 10.0. The minimum absolute atomic E-state index is 0.0678. The normalized spacial score (nSPS) is 18.9. The molecule has 0 bridgehead atoms. The number of carbonyl (C=O) groups excluding carboxylic acids is 1. The summed E-state index contributed by atoms with van der Waals surface area (Å²) in [6, 6.07) is 6.47. The molecule has 1 aromatic carbocycles. The van der Waals surface area contributed by atoms with E-state index >= 15 is 0 Å². The van der Waals surface area contributed by atoms with E-state index in [1.807, 2.05) is 6.92 Å². The highest BCUT2D eigenvalue weighted by atomic mass is 32.2. The second-order valence-corrected chi connectivity index (χ2v) is 8.67. The summed E-state index contributed by atoms with van der Waals surface area (Å²) in [5, 5.41) is 0. The van der Waals surface area contributed by atoms with Crippen molar-refractivity contribution in [3.63, 3.8) is 0 Å². The first-order valence-electron chi connectivity index (χ1n) is 9.29. The summed E-state index contributed by atoms with van der Waals surface area (Å²) >= 11 is 0. The molecule has 140 valence electrons. The largest absolute Gasteiger partial charge is 0.342 e. The Kier molecular flexibility index (Phi) is 7.02. The van der Waals surface area contributed by atoms with Crippen molar-refractivity contribution in [1.29, 1.82) is 0 Å². The van der Waals surface area contributed by atoms with Crippen molar-refractivity contribution in [1.82, 2.24) is 9.21 Å². The second-order valence-electron chi connectivity index (χ2n) is 6.78. The number of carbonyl (C=O) groups is 1. The van der Waals surface area contributed by atoms with Gasteiger partial charge in [0.05, 0.1) is 4.90 Å².